The summed E-state index contributed by atoms with van der Waals surface area (Å²) >= 11 is 0. The molecule has 1 aliphatic rings. The maximum atomic E-state index is 12.8. The number of hydrogen-bond acceptors (Lipinski definition) is 3. The van der Waals surface area contributed by atoms with Crippen molar-refractivity contribution in [3.63, 3.8) is 0 Å². The van der Waals surface area contributed by atoms with Crippen LogP contribution in [0.1, 0.15) is 30.6 Å². The number of carbonyl (C=O) groups is 3. The van der Waals surface area contributed by atoms with Gasteiger partial charge >= 0.3 is 0 Å². The van der Waals surface area contributed by atoms with Gasteiger partial charge in [0.25, 0.3) is 5.91 Å². The van der Waals surface area contributed by atoms with Crippen molar-refractivity contribution >= 4 is 29.1 Å². The van der Waals surface area contributed by atoms with Crippen molar-refractivity contribution in [2.75, 3.05) is 23.3 Å². The van der Waals surface area contributed by atoms with Gasteiger partial charge in [-0.25, -0.2) is 0 Å². The Morgan fingerprint density at radius 2 is 1.75 bits per heavy atom. The summed E-state index contributed by atoms with van der Waals surface area (Å²) in [6.45, 7) is 4.92. The van der Waals surface area contributed by atoms with Crippen LogP contribution in [0.15, 0.2) is 54.6 Å². The summed E-state index contributed by atoms with van der Waals surface area (Å²) in [4.78, 5) is 39.2. The van der Waals surface area contributed by atoms with Gasteiger partial charge in [0.05, 0.1) is 17.2 Å². The number of carbonyl (C=O) groups excluding carboxylic acids is 3. The van der Waals surface area contributed by atoms with E-state index in [0.29, 0.717) is 30.3 Å². The van der Waals surface area contributed by atoms with Crippen LogP contribution in [0.3, 0.4) is 0 Å². The Morgan fingerprint density at radius 3 is 2.46 bits per heavy atom. The van der Waals surface area contributed by atoms with E-state index < -0.39 is 5.92 Å². The third kappa shape index (κ3) is 4.57. The van der Waals surface area contributed by atoms with Gasteiger partial charge in [-0.2, -0.15) is 0 Å². The summed E-state index contributed by atoms with van der Waals surface area (Å²) < 4.78 is 0. The summed E-state index contributed by atoms with van der Waals surface area (Å²) in [7, 11) is 0. The van der Waals surface area contributed by atoms with Crippen LogP contribution in [0.2, 0.25) is 0 Å². The van der Waals surface area contributed by atoms with Crippen LogP contribution in [0.5, 0.6) is 0 Å². The summed E-state index contributed by atoms with van der Waals surface area (Å²) in [5, 5.41) is 5.70. The maximum Gasteiger partial charge on any atom is 0.253 e. The molecule has 1 aliphatic heterocycles. The zero-order chi connectivity index (χ0) is 20.1. The second-order valence-electron chi connectivity index (χ2n) is 7.38. The Labute approximate surface area is 164 Å². The summed E-state index contributed by atoms with van der Waals surface area (Å²) in [6, 6.07) is 16.2. The molecule has 2 aromatic carbocycles. The third-order valence-corrected chi connectivity index (χ3v) is 4.66. The predicted octanol–water partition coefficient (Wildman–Crippen LogP) is 3.06. The van der Waals surface area contributed by atoms with Gasteiger partial charge < -0.3 is 15.5 Å². The Balaban J connectivity index is 1.69. The molecule has 3 amide bonds. The predicted molar refractivity (Wildman–Crippen MR) is 109 cm³/mol. The molecule has 146 valence electrons. The minimum Gasteiger partial charge on any atom is -0.352 e. The number of nitrogens with zero attached hydrogens (tertiary/aromatic N) is 1. The SMILES string of the molecule is CC(C)CNC(=O)c1ccccc1NC(=O)[C@H]1CC(=O)N(c2ccccc2)C1. The highest BCUT2D eigenvalue weighted by Gasteiger charge is 2.35. The van der Waals surface area contributed by atoms with E-state index >= 15 is 0 Å². The molecule has 1 atom stereocenters. The number of amides is 3. The van der Waals surface area contributed by atoms with Crippen molar-refractivity contribution < 1.29 is 14.4 Å². The van der Waals surface area contributed by atoms with Crippen LogP contribution in [-0.4, -0.2) is 30.8 Å². The fraction of sp³-hybridized carbons (Fsp3) is 0.318. The van der Waals surface area contributed by atoms with Crippen LogP contribution in [-0.2, 0) is 9.59 Å². The molecule has 3 rings (SSSR count). The minimum absolute atomic E-state index is 0.0747. The van der Waals surface area contributed by atoms with Gasteiger partial charge in [-0.3, -0.25) is 14.4 Å². The normalized spacial score (nSPS) is 16.3. The highest BCUT2D eigenvalue weighted by Crippen LogP contribution is 2.26. The molecule has 0 aromatic heterocycles. The van der Waals surface area contributed by atoms with Crippen LogP contribution in [0.4, 0.5) is 11.4 Å². The van der Waals surface area contributed by atoms with Gasteiger partial charge in [-0.1, -0.05) is 44.2 Å². The smallest absolute Gasteiger partial charge is 0.253 e. The van der Waals surface area contributed by atoms with E-state index in [2.05, 4.69) is 10.6 Å². The van der Waals surface area contributed by atoms with Crippen molar-refractivity contribution in [2.45, 2.75) is 20.3 Å². The van der Waals surface area contributed by atoms with Crippen molar-refractivity contribution in [3.8, 4) is 0 Å². The van der Waals surface area contributed by atoms with Gasteiger partial charge in [0, 0.05) is 25.2 Å². The molecule has 1 heterocycles. The molecule has 0 radical (unpaired) electrons. The first-order valence-electron chi connectivity index (χ1n) is 9.49. The summed E-state index contributed by atoms with van der Waals surface area (Å²) in [5.74, 6) is -0.679. The highest BCUT2D eigenvalue weighted by molar-refractivity contribution is 6.07. The maximum absolute atomic E-state index is 12.8. The Bertz CT molecular complexity index is 864. The number of nitrogens with one attached hydrogen (secondary N) is 2. The molecule has 6 nitrogen and oxygen atoms in total. The quantitative estimate of drug-likeness (QED) is 0.810. The number of benzene rings is 2. The lowest BCUT2D eigenvalue weighted by Crippen LogP contribution is -2.30. The molecule has 2 N–H and O–H groups in total. The van der Waals surface area contributed by atoms with Crippen LogP contribution < -0.4 is 15.5 Å². The van der Waals surface area contributed by atoms with Crippen LogP contribution >= 0.6 is 0 Å². The zero-order valence-electron chi connectivity index (χ0n) is 16.1. The van der Waals surface area contributed by atoms with Crippen molar-refractivity contribution in [3.05, 3.63) is 60.2 Å². The van der Waals surface area contributed by atoms with Gasteiger partial charge in [-0.15, -0.1) is 0 Å². The number of hydrogen-bond donors (Lipinski definition) is 2. The lowest BCUT2D eigenvalue weighted by molar-refractivity contribution is -0.122. The van der Waals surface area contributed by atoms with E-state index in [0.717, 1.165) is 5.69 Å². The molecular formula is C22H25N3O3. The Morgan fingerprint density at radius 1 is 1.07 bits per heavy atom. The molecule has 0 unspecified atom stereocenters. The second kappa shape index (κ2) is 8.69. The lowest BCUT2D eigenvalue weighted by atomic mass is 10.1. The molecule has 0 saturated carbocycles. The van der Waals surface area contributed by atoms with Gasteiger partial charge in [0.15, 0.2) is 0 Å². The second-order valence-corrected chi connectivity index (χ2v) is 7.38. The summed E-state index contributed by atoms with van der Waals surface area (Å²) in [6.07, 6.45) is 0.155. The van der Waals surface area contributed by atoms with Gasteiger partial charge in [0.1, 0.15) is 0 Å². The molecule has 1 fully saturated rings. The first-order valence-corrected chi connectivity index (χ1v) is 9.49. The topological polar surface area (TPSA) is 78.5 Å². The zero-order valence-corrected chi connectivity index (χ0v) is 16.1. The van der Waals surface area contributed by atoms with E-state index in [1.807, 2.05) is 44.2 Å². The number of rotatable bonds is 6. The fourth-order valence-electron chi connectivity index (χ4n) is 3.16. The number of para-hydroxylation sites is 2. The molecule has 6 heteroatoms. The van der Waals surface area contributed by atoms with Crippen molar-refractivity contribution in [2.24, 2.45) is 11.8 Å². The minimum atomic E-state index is -0.459. The first-order chi connectivity index (χ1) is 13.5. The van der Waals surface area contributed by atoms with Crippen LogP contribution in [0.25, 0.3) is 0 Å². The largest absolute Gasteiger partial charge is 0.352 e. The molecular weight excluding hydrogens is 354 g/mol. The number of anilines is 2. The third-order valence-electron chi connectivity index (χ3n) is 4.66. The van der Waals surface area contributed by atoms with Gasteiger partial charge in [-0.05, 0) is 30.2 Å². The Kier molecular flexibility index (Phi) is 6.09. The molecule has 0 bridgehead atoms. The summed E-state index contributed by atoms with van der Waals surface area (Å²) in [5.41, 5.74) is 1.66. The fourth-order valence-corrected chi connectivity index (χ4v) is 3.16. The molecule has 1 saturated heterocycles. The van der Waals surface area contributed by atoms with E-state index in [1.165, 1.54) is 0 Å². The molecule has 0 spiro atoms. The lowest BCUT2D eigenvalue weighted by Gasteiger charge is -2.17. The van der Waals surface area contributed by atoms with Gasteiger partial charge in [0.2, 0.25) is 11.8 Å². The van der Waals surface area contributed by atoms with E-state index in [4.69, 9.17) is 0 Å². The average Bonchev–Trinajstić information content (AvgIpc) is 3.09. The molecule has 2 aromatic rings. The Hall–Kier alpha value is -3.15. The van der Waals surface area contributed by atoms with E-state index in [9.17, 15) is 14.4 Å². The van der Waals surface area contributed by atoms with E-state index in [-0.39, 0.29) is 24.1 Å². The standard InChI is InChI=1S/C22H25N3O3/c1-15(2)13-23-22(28)18-10-6-7-11-19(18)24-21(27)16-12-20(26)25(14-16)17-8-4-3-5-9-17/h3-11,15-16H,12-14H2,1-2H3,(H,23,28)(H,24,27)/t16-/m0/s1. The monoisotopic (exact) mass is 379 g/mol. The van der Waals surface area contributed by atoms with E-state index in [1.54, 1.807) is 29.2 Å². The van der Waals surface area contributed by atoms with Crippen molar-refractivity contribution in [1.82, 2.24) is 5.32 Å². The molecule has 28 heavy (non-hydrogen) atoms. The van der Waals surface area contributed by atoms with Crippen LogP contribution in [0, 0.1) is 11.8 Å². The van der Waals surface area contributed by atoms with Crippen molar-refractivity contribution in [1.29, 1.82) is 0 Å². The highest BCUT2D eigenvalue weighted by atomic mass is 16.2. The first kappa shape index (κ1) is 19.6. The molecule has 0 aliphatic carbocycles. The average molecular weight is 379 g/mol.